The Labute approximate surface area is 97.9 Å². The van der Waals surface area contributed by atoms with Gasteiger partial charge in [-0.25, -0.2) is 4.79 Å². The molecule has 0 rings (SSSR count). The van der Waals surface area contributed by atoms with Gasteiger partial charge in [-0.2, -0.15) is 4.99 Å². The van der Waals surface area contributed by atoms with E-state index in [1.165, 1.54) is 6.55 Å². The maximum absolute atomic E-state index is 11.1. The zero-order valence-electron chi connectivity index (χ0n) is 9.51. The largest absolute Gasteiger partial charge is 0.701 e. The molecule has 0 atom stereocenters. The molecule has 0 aromatic carbocycles. The van der Waals surface area contributed by atoms with E-state index in [1.54, 1.807) is 0 Å². The first-order valence-corrected chi connectivity index (χ1v) is 6.66. The lowest BCUT2D eigenvalue weighted by Gasteiger charge is -2.22. The van der Waals surface area contributed by atoms with Crippen molar-refractivity contribution in [1.29, 1.82) is 0 Å². The monoisotopic (exact) mass is 261 g/mol. The predicted octanol–water partition coefficient (Wildman–Crippen LogP) is -0.440. The molecule has 0 amide bonds. The normalized spacial score (nSPS) is 9.82. The van der Waals surface area contributed by atoms with Gasteiger partial charge >= 0.3 is 14.8 Å². The summed E-state index contributed by atoms with van der Waals surface area (Å²) in [5.41, 5.74) is 0. The maximum Gasteiger partial charge on any atom is 0.701 e. The van der Waals surface area contributed by atoms with Crippen LogP contribution in [0.1, 0.15) is 13.8 Å². The van der Waals surface area contributed by atoms with Crippen LogP contribution in [0.3, 0.4) is 0 Å². The van der Waals surface area contributed by atoms with Crippen LogP contribution in [0, 0.1) is 0 Å². The molecule has 0 unspecified atom stereocenters. The minimum absolute atomic E-state index is 0.589. The molecule has 0 aliphatic heterocycles. The fraction of sp³-hybridized carbons (Fsp3) is 0.500. The average molecular weight is 261 g/mol. The van der Waals surface area contributed by atoms with Crippen molar-refractivity contribution in [2.75, 3.05) is 6.54 Å². The molecule has 0 N–H and O–H groups in total. The lowest BCUT2D eigenvalue weighted by molar-refractivity contribution is -0.147. The third-order valence-electron chi connectivity index (χ3n) is 1.23. The molecule has 94 valence electrons. The zero-order chi connectivity index (χ0) is 13.5. The fourth-order valence-electron chi connectivity index (χ4n) is 0.921. The summed E-state index contributed by atoms with van der Waals surface area (Å²) >= 11 is 0. The molecule has 0 fully saturated rings. The Morgan fingerprint density at radius 1 is 1.12 bits per heavy atom. The van der Waals surface area contributed by atoms with Gasteiger partial charge in [0.2, 0.25) is 6.08 Å². The molecule has 0 radical (unpaired) electrons. The number of nitrogens with zero attached hydrogens (tertiary/aromatic N) is 1. The molecule has 0 aliphatic carbocycles. The topological polar surface area (TPSA) is 108 Å². The highest BCUT2D eigenvalue weighted by molar-refractivity contribution is 6.64. The van der Waals surface area contributed by atoms with Crippen LogP contribution in [0.25, 0.3) is 0 Å². The van der Waals surface area contributed by atoms with Crippen molar-refractivity contribution in [1.82, 2.24) is 0 Å². The molecule has 0 bridgehead atoms. The first-order chi connectivity index (χ1) is 7.79. The SMILES string of the molecule is CC(=O)O[Si](C)(OC(C)=O)OC(=O)CN=C=O. The molecule has 17 heavy (non-hydrogen) atoms. The highest BCUT2D eigenvalue weighted by Crippen LogP contribution is 2.10. The van der Waals surface area contributed by atoms with Gasteiger partial charge in [-0.3, -0.25) is 14.4 Å². The van der Waals surface area contributed by atoms with Gasteiger partial charge in [0.05, 0.1) is 0 Å². The number of aliphatic imine (C=N–C) groups is 1. The van der Waals surface area contributed by atoms with Crippen LogP contribution in [0.15, 0.2) is 4.99 Å². The number of carbonyl (C=O) groups excluding carboxylic acids is 4. The highest BCUT2D eigenvalue weighted by Gasteiger charge is 2.46. The van der Waals surface area contributed by atoms with Gasteiger partial charge in [0, 0.05) is 20.4 Å². The second-order valence-corrected chi connectivity index (χ2v) is 5.27. The molecule has 0 spiro atoms. The summed E-state index contributed by atoms with van der Waals surface area (Å²) in [6.45, 7) is 2.76. The lowest BCUT2D eigenvalue weighted by Crippen LogP contribution is -2.47. The third-order valence-corrected chi connectivity index (χ3v) is 3.15. The Morgan fingerprint density at radius 3 is 1.94 bits per heavy atom. The third kappa shape index (κ3) is 6.98. The van der Waals surface area contributed by atoms with Crippen LogP contribution >= 0.6 is 0 Å². The fourth-order valence-corrected chi connectivity index (χ4v) is 2.57. The Bertz CT molecular complexity index is 358. The van der Waals surface area contributed by atoms with Crippen molar-refractivity contribution in [3.05, 3.63) is 0 Å². The summed E-state index contributed by atoms with van der Waals surface area (Å²) in [6, 6.07) is 0. The Balaban J connectivity index is 4.67. The van der Waals surface area contributed by atoms with Gasteiger partial charge in [0.15, 0.2) is 0 Å². The van der Waals surface area contributed by atoms with Crippen molar-refractivity contribution in [3.63, 3.8) is 0 Å². The number of hydrogen-bond acceptors (Lipinski definition) is 8. The number of rotatable bonds is 5. The Kier molecular flexibility index (Phi) is 5.79. The zero-order valence-corrected chi connectivity index (χ0v) is 10.5. The summed E-state index contributed by atoms with van der Waals surface area (Å²) < 4.78 is 14.0. The summed E-state index contributed by atoms with van der Waals surface area (Å²) in [7, 11) is -3.73. The van der Waals surface area contributed by atoms with Crippen molar-refractivity contribution in [2.24, 2.45) is 4.99 Å². The van der Waals surface area contributed by atoms with Crippen LogP contribution in [-0.4, -0.2) is 39.3 Å². The molecule has 9 heteroatoms. The van der Waals surface area contributed by atoms with Crippen molar-refractivity contribution in [2.45, 2.75) is 20.4 Å². The average Bonchev–Trinajstić information content (AvgIpc) is 2.10. The molecule has 0 aliphatic rings. The first kappa shape index (κ1) is 15.0. The molecule has 0 aromatic rings. The maximum atomic E-state index is 11.1. The van der Waals surface area contributed by atoms with E-state index in [-0.39, 0.29) is 0 Å². The van der Waals surface area contributed by atoms with Gasteiger partial charge in [0.25, 0.3) is 11.9 Å². The van der Waals surface area contributed by atoms with E-state index < -0.39 is 33.3 Å². The number of hydrogen-bond donors (Lipinski definition) is 0. The smallest absolute Gasteiger partial charge is 0.455 e. The van der Waals surface area contributed by atoms with Crippen molar-refractivity contribution < 1.29 is 32.5 Å². The number of carbonyl (C=O) groups is 3. The minimum Gasteiger partial charge on any atom is -0.455 e. The van der Waals surface area contributed by atoms with E-state index in [0.29, 0.717) is 0 Å². The van der Waals surface area contributed by atoms with E-state index in [0.717, 1.165) is 19.9 Å². The minimum atomic E-state index is -3.73. The van der Waals surface area contributed by atoms with Crippen LogP contribution in [0.4, 0.5) is 0 Å². The van der Waals surface area contributed by atoms with E-state index in [4.69, 9.17) is 4.43 Å². The standard InChI is InChI=1S/C8H11NO7Si/c1-6(11)14-17(3,15-7(2)12)16-8(13)4-9-5-10/h4H2,1-3H3. The molecule has 0 heterocycles. The van der Waals surface area contributed by atoms with Gasteiger partial charge in [0.1, 0.15) is 6.54 Å². The highest BCUT2D eigenvalue weighted by atomic mass is 28.4. The Morgan fingerprint density at radius 2 is 1.59 bits per heavy atom. The molecule has 8 nitrogen and oxygen atoms in total. The van der Waals surface area contributed by atoms with Crippen LogP contribution in [-0.2, 0) is 32.5 Å². The van der Waals surface area contributed by atoms with Gasteiger partial charge < -0.3 is 13.3 Å². The first-order valence-electron chi connectivity index (χ1n) is 4.43. The summed E-state index contributed by atoms with van der Waals surface area (Å²) in [5, 5.41) is 0. The summed E-state index contributed by atoms with van der Waals surface area (Å²) in [5.74, 6) is -2.47. The second kappa shape index (κ2) is 6.56. The predicted molar refractivity (Wildman–Crippen MR) is 54.2 cm³/mol. The second-order valence-electron chi connectivity index (χ2n) is 2.93. The van der Waals surface area contributed by atoms with Crippen LogP contribution in [0.2, 0.25) is 6.55 Å². The molecule has 0 aromatic heterocycles. The van der Waals surface area contributed by atoms with E-state index >= 15 is 0 Å². The van der Waals surface area contributed by atoms with Gasteiger partial charge in [-0.1, -0.05) is 0 Å². The van der Waals surface area contributed by atoms with Crippen LogP contribution in [0.5, 0.6) is 0 Å². The lowest BCUT2D eigenvalue weighted by atomic mass is 10.7. The number of isocyanates is 1. The quantitative estimate of drug-likeness (QED) is 0.375. The molecular weight excluding hydrogens is 250 g/mol. The van der Waals surface area contributed by atoms with E-state index in [9.17, 15) is 19.2 Å². The molecule has 0 saturated carbocycles. The molecular formula is C8H11NO7Si. The van der Waals surface area contributed by atoms with Crippen molar-refractivity contribution >= 4 is 32.8 Å². The van der Waals surface area contributed by atoms with Gasteiger partial charge in [-0.05, 0) is 0 Å². The van der Waals surface area contributed by atoms with E-state index in [2.05, 4.69) is 13.8 Å². The van der Waals surface area contributed by atoms with Crippen LogP contribution < -0.4 is 0 Å². The van der Waals surface area contributed by atoms with Crippen molar-refractivity contribution in [3.8, 4) is 0 Å². The molecule has 0 saturated heterocycles. The summed E-state index contributed by atoms with van der Waals surface area (Å²) in [6.07, 6.45) is 1.14. The Hall–Kier alpha value is -1.99. The van der Waals surface area contributed by atoms with Gasteiger partial charge in [-0.15, -0.1) is 0 Å². The summed E-state index contributed by atoms with van der Waals surface area (Å²) in [4.78, 5) is 45.4. The van der Waals surface area contributed by atoms with E-state index in [1.807, 2.05) is 0 Å².